The van der Waals surface area contributed by atoms with Crippen LogP contribution in [-0.4, -0.2) is 71.1 Å². The number of nitrogens with one attached hydrogen (secondary N) is 2. The van der Waals surface area contributed by atoms with E-state index in [1.54, 1.807) is 26.8 Å². The molecule has 2 aliphatic heterocycles. The number of piperidine rings is 1. The molecule has 37 heavy (non-hydrogen) atoms. The van der Waals surface area contributed by atoms with E-state index >= 15 is 0 Å². The van der Waals surface area contributed by atoms with Gasteiger partial charge in [-0.2, -0.15) is 5.26 Å². The number of rotatable bonds is 9. The average molecular weight is 512 g/mol. The van der Waals surface area contributed by atoms with Gasteiger partial charge in [0.1, 0.15) is 23.7 Å². The van der Waals surface area contributed by atoms with Crippen LogP contribution < -0.4 is 10.6 Å². The Bertz CT molecular complexity index is 1070. The fraction of sp³-hybridized carbons (Fsp3) is 0.607. The highest BCUT2D eigenvalue weighted by Crippen LogP contribution is 2.49. The third-order valence-corrected chi connectivity index (χ3v) is 7.54. The van der Waals surface area contributed by atoms with Gasteiger partial charge >= 0.3 is 6.09 Å². The van der Waals surface area contributed by atoms with Gasteiger partial charge in [-0.1, -0.05) is 18.7 Å². The van der Waals surface area contributed by atoms with Crippen LogP contribution in [-0.2, 0) is 9.53 Å². The molecule has 0 aromatic heterocycles. The van der Waals surface area contributed by atoms with E-state index in [2.05, 4.69) is 28.2 Å². The Labute approximate surface area is 218 Å². The molecule has 1 aliphatic carbocycles. The van der Waals surface area contributed by atoms with Gasteiger partial charge in [0.25, 0.3) is 0 Å². The fourth-order valence-electron chi connectivity index (χ4n) is 5.72. The lowest BCUT2D eigenvalue weighted by atomic mass is 10.1. The van der Waals surface area contributed by atoms with Crippen LogP contribution in [0, 0.1) is 23.1 Å². The van der Waals surface area contributed by atoms with Gasteiger partial charge in [-0.25, -0.2) is 9.18 Å². The largest absolute Gasteiger partial charge is 0.444 e. The number of carbonyl (C=O) groups excluding carboxylic acids is 2. The summed E-state index contributed by atoms with van der Waals surface area (Å²) in [5.41, 5.74) is 0.854. The number of halogens is 1. The minimum atomic E-state index is -0.665. The van der Waals surface area contributed by atoms with Gasteiger partial charge < -0.3 is 25.1 Å². The van der Waals surface area contributed by atoms with Crippen molar-refractivity contribution in [2.45, 2.75) is 88.8 Å². The molecule has 7 atom stereocenters. The van der Waals surface area contributed by atoms with Crippen molar-refractivity contribution in [3.05, 3.63) is 47.9 Å². The number of amides is 1. The smallest absolute Gasteiger partial charge is 0.408 e. The number of hydrogen-bond acceptors (Lipinski definition) is 7. The zero-order chi connectivity index (χ0) is 26.9. The summed E-state index contributed by atoms with van der Waals surface area (Å²) in [6.45, 7) is 12.6. The Morgan fingerprint density at radius 3 is 2.76 bits per heavy atom. The van der Waals surface area contributed by atoms with Crippen molar-refractivity contribution >= 4 is 12.4 Å². The lowest BCUT2D eigenvalue weighted by Gasteiger charge is -2.35. The SMILES string of the molecule is C=C(C(CN1CC(NC(C)c2cccc(F)c2)CC1C=O)NC(=O)OC(C)(C)C)N1C(C#N)CC2CC21. The van der Waals surface area contributed by atoms with Gasteiger partial charge in [0.2, 0.25) is 0 Å². The summed E-state index contributed by atoms with van der Waals surface area (Å²) >= 11 is 0. The molecule has 2 N–H and O–H groups in total. The first-order valence-corrected chi connectivity index (χ1v) is 13.1. The standard InChI is InChI=1S/C28H38FN5O3/c1-17(19-7-6-8-21(29)9-19)31-22-12-24(16-35)33(14-22)15-25(32-27(36)37-28(3,4)5)18(2)34-23(13-30)10-20-11-26(20)34/h6-9,16-17,20,22-26,31H,2,10-12,14-15H2,1,3-5H3,(H,32,36). The van der Waals surface area contributed by atoms with E-state index in [0.29, 0.717) is 31.1 Å². The van der Waals surface area contributed by atoms with Gasteiger partial charge in [0.15, 0.2) is 0 Å². The number of carbonyl (C=O) groups is 2. The Morgan fingerprint density at radius 1 is 1.35 bits per heavy atom. The summed E-state index contributed by atoms with van der Waals surface area (Å²) in [5.74, 6) is 0.214. The minimum absolute atomic E-state index is 0.00960. The Morgan fingerprint density at radius 2 is 2.11 bits per heavy atom. The summed E-state index contributed by atoms with van der Waals surface area (Å²) in [5, 5.41) is 16.2. The lowest BCUT2D eigenvalue weighted by Crippen LogP contribution is -2.51. The topological polar surface area (TPSA) is 97.7 Å². The molecule has 0 spiro atoms. The molecule has 3 fully saturated rings. The first kappa shape index (κ1) is 27.1. The maximum absolute atomic E-state index is 13.7. The van der Waals surface area contributed by atoms with Crippen LogP contribution in [0.15, 0.2) is 36.5 Å². The van der Waals surface area contributed by atoms with Crippen LogP contribution in [0.1, 0.15) is 58.6 Å². The maximum atomic E-state index is 13.7. The van der Waals surface area contributed by atoms with Crippen molar-refractivity contribution in [3.63, 3.8) is 0 Å². The van der Waals surface area contributed by atoms with E-state index in [1.165, 1.54) is 12.1 Å². The molecule has 0 bridgehead atoms. The molecule has 7 unspecified atom stereocenters. The summed E-state index contributed by atoms with van der Waals surface area (Å²) < 4.78 is 19.2. The molecule has 0 radical (unpaired) electrons. The Kier molecular flexibility index (Phi) is 7.91. The van der Waals surface area contributed by atoms with Gasteiger partial charge in [-0.05, 0) is 70.6 Å². The van der Waals surface area contributed by atoms with Gasteiger partial charge in [-0.15, -0.1) is 0 Å². The summed E-state index contributed by atoms with van der Waals surface area (Å²) in [6, 6.07) is 7.95. The second kappa shape index (κ2) is 10.8. The lowest BCUT2D eigenvalue weighted by molar-refractivity contribution is -0.111. The van der Waals surface area contributed by atoms with Crippen LogP contribution in [0.2, 0.25) is 0 Å². The number of alkyl carbamates (subject to hydrolysis) is 1. The van der Waals surface area contributed by atoms with E-state index in [1.807, 2.05) is 17.9 Å². The zero-order valence-corrected chi connectivity index (χ0v) is 22.1. The van der Waals surface area contributed by atoms with Gasteiger partial charge in [0, 0.05) is 36.9 Å². The molecular formula is C28H38FN5O3. The highest BCUT2D eigenvalue weighted by atomic mass is 19.1. The summed E-state index contributed by atoms with van der Waals surface area (Å²) in [4.78, 5) is 28.9. The predicted octanol–water partition coefficient (Wildman–Crippen LogP) is 3.51. The molecule has 1 amide bonds. The molecule has 2 heterocycles. The average Bonchev–Trinajstić information content (AvgIpc) is 3.32. The Hall–Kier alpha value is -2.96. The van der Waals surface area contributed by atoms with Crippen LogP contribution in [0.25, 0.3) is 0 Å². The third kappa shape index (κ3) is 6.49. The van der Waals surface area contributed by atoms with Crippen LogP contribution in [0.5, 0.6) is 0 Å². The number of likely N-dealkylation sites (tertiary alicyclic amines) is 2. The number of nitriles is 1. The number of nitrogens with zero attached hydrogens (tertiary/aromatic N) is 3. The maximum Gasteiger partial charge on any atom is 0.408 e. The number of ether oxygens (including phenoxy) is 1. The second-order valence-corrected chi connectivity index (χ2v) is 11.6. The molecule has 2 saturated heterocycles. The molecule has 8 nitrogen and oxygen atoms in total. The molecule has 200 valence electrons. The van der Waals surface area contributed by atoms with E-state index in [9.17, 15) is 19.2 Å². The first-order valence-electron chi connectivity index (χ1n) is 13.1. The monoisotopic (exact) mass is 511 g/mol. The number of fused-ring (bicyclic) bond motifs is 1. The Balaban J connectivity index is 1.47. The van der Waals surface area contributed by atoms with E-state index in [0.717, 1.165) is 24.7 Å². The molecule has 4 rings (SSSR count). The summed E-state index contributed by atoms with van der Waals surface area (Å²) in [6.07, 6.45) is 2.82. The highest BCUT2D eigenvalue weighted by Gasteiger charge is 2.53. The minimum Gasteiger partial charge on any atom is -0.444 e. The van der Waals surface area contributed by atoms with Crippen molar-refractivity contribution in [2.75, 3.05) is 13.1 Å². The van der Waals surface area contributed by atoms with Crippen molar-refractivity contribution in [1.82, 2.24) is 20.4 Å². The third-order valence-electron chi connectivity index (χ3n) is 7.54. The normalized spacial score (nSPS) is 28.6. The fourth-order valence-corrected chi connectivity index (χ4v) is 5.72. The molecule has 1 aromatic carbocycles. The van der Waals surface area contributed by atoms with Crippen LogP contribution in [0.3, 0.4) is 0 Å². The molecule has 1 saturated carbocycles. The number of aldehydes is 1. The van der Waals surface area contributed by atoms with Crippen molar-refractivity contribution in [3.8, 4) is 6.07 Å². The molecular weight excluding hydrogens is 473 g/mol. The molecule has 9 heteroatoms. The quantitative estimate of drug-likeness (QED) is 0.490. The van der Waals surface area contributed by atoms with Crippen molar-refractivity contribution in [1.29, 1.82) is 5.26 Å². The van der Waals surface area contributed by atoms with Gasteiger partial charge in [-0.3, -0.25) is 4.90 Å². The number of hydrogen-bond donors (Lipinski definition) is 2. The summed E-state index contributed by atoms with van der Waals surface area (Å²) in [7, 11) is 0. The van der Waals surface area contributed by atoms with Crippen LogP contribution >= 0.6 is 0 Å². The molecule has 1 aromatic rings. The molecule has 3 aliphatic rings. The van der Waals surface area contributed by atoms with Crippen LogP contribution in [0.4, 0.5) is 9.18 Å². The van der Waals surface area contributed by atoms with E-state index in [-0.39, 0.29) is 36.0 Å². The second-order valence-electron chi connectivity index (χ2n) is 11.6. The van der Waals surface area contributed by atoms with Gasteiger partial charge in [0.05, 0.1) is 18.2 Å². The van der Waals surface area contributed by atoms with E-state index in [4.69, 9.17) is 4.74 Å². The first-order chi connectivity index (χ1) is 17.5. The van der Waals surface area contributed by atoms with Crippen molar-refractivity contribution in [2.24, 2.45) is 5.92 Å². The highest BCUT2D eigenvalue weighted by molar-refractivity contribution is 5.68. The predicted molar refractivity (Wildman–Crippen MR) is 138 cm³/mol. The van der Waals surface area contributed by atoms with Crippen molar-refractivity contribution < 1.29 is 18.7 Å². The zero-order valence-electron chi connectivity index (χ0n) is 22.1. The van der Waals surface area contributed by atoms with E-state index < -0.39 is 17.7 Å². The number of benzene rings is 1.